The summed E-state index contributed by atoms with van der Waals surface area (Å²) < 4.78 is 1.65. The molecule has 3 rings (SSSR count). The highest BCUT2D eigenvalue weighted by atomic mass is 16.1. The van der Waals surface area contributed by atoms with E-state index in [0.29, 0.717) is 11.1 Å². The summed E-state index contributed by atoms with van der Waals surface area (Å²) in [7, 11) is 0. The van der Waals surface area contributed by atoms with E-state index in [2.05, 4.69) is 5.10 Å². The normalized spacial score (nSPS) is 17.1. The van der Waals surface area contributed by atoms with Gasteiger partial charge in [-0.2, -0.15) is 5.10 Å². The lowest BCUT2D eigenvalue weighted by molar-refractivity contribution is 0.320. The van der Waals surface area contributed by atoms with Crippen LogP contribution in [0.2, 0.25) is 0 Å². The second kappa shape index (κ2) is 4.44. The molecule has 18 heavy (non-hydrogen) atoms. The van der Waals surface area contributed by atoms with Gasteiger partial charge in [-0.15, -0.1) is 0 Å². The Balaban J connectivity index is 2.13. The maximum absolute atomic E-state index is 12.4. The average Bonchev–Trinajstić information content (AvgIpc) is 2.41. The van der Waals surface area contributed by atoms with Gasteiger partial charge in [0.15, 0.2) is 0 Å². The van der Waals surface area contributed by atoms with Crippen LogP contribution in [-0.4, -0.2) is 9.78 Å². The van der Waals surface area contributed by atoms with Crippen molar-refractivity contribution in [2.24, 2.45) is 0 Å². The van der Waals surface area contributed by atoms with Crippen LogP contribution in [0.15, 0.2) is 29.2 Å². The quantitative estimate of drug-likeness (QED) is 0.783. The Labute approximate surface area is 105 Å². The highest BCUT2D eigenvalue weighted by Gasteiger charge is 2.18. The number of fused-ring (bicyclic) bond motifs is 1. The zero-order valence-corrected chi connectivity index (χ0v) is 10.3. The summed E-state index contributed by atoms with van der Waals surface area (Å²) >= 11 is 0. The molecule has 1 aliphatic rings. The van der Waals surface area contributed by atoms with Crippen LogP contribution in [0.1, 0.15) is 38.1 Å². The number of nitrogens with zero attached hydrogens (tertiary/aromatic N) is 2. The highest BCUT2D eigenvalue weighted by molar-refractivity contribution is 5.83. The molecule has 1 fully saturated rings. The summed E-state index contributed by atoms with van der Waals surface area (Å²) in [6.07, 6.45) is 7.53. The molecular formula is C14H17N3O. The standard InChI is InChI=1S/C14H17N3O/c15-11-7-6-10-9-16-17(14(18)13(10)8-11)12-4-2-1-3-5-12/h6-9,12H,1-5,15H2. The smallest absolute Gasteiger partial charge is 0.274 e. The molecule has 1 saturated carbocycles. The Hall–Kier alpha value is -1.84. The SMILES string of the molecule is Nc1ccc2cnn(C3CCCCC3)c(=O)c2c1. The van der Waals surface area contributed by atoms with Gasteiger partial charge in [-0.1, -0.05) is 25.3 Å². The molecular weight excluding hydrogens is 226 g/mol. The van der Waals surface area contributed by atoms with Gasteiger partial charge in [0.25, 0.3) is 5.56 Å². The molecule has 1 aromatic heterocycles. The lowest BCUT2D eigenvalue weighted by Gasteiger charge is -2.22. The fourth-order valence-corrected chi connectivity index (χ4v) is 2.76. The molecule has 94 valence electrons. The van der Waals surface area contributed by atoms with Crippen LogP contribution in [0, 0.1) is 0 Å². The Morgan fingerprint density at radius 3 is 2.78 bits per heavy atom. The summed E-state index contributed by atoms with van der Waals surface area (Å²) in [4.78, 5) is 12.4. The molecule has 1 heterocycles. The minimum atomic E-state index is -0.00769. The fourth-order valence-electron chi connectivity index (χ4n) is 2.76. The number of anilines is 1. The first kappa shape index (κ1) is 11.3. The van der Waals surface area contributed by atoms with Crippen molar-refractivity contribution >= 4 is 16.5 Å². The number of nitrogens with two attached hydrogens (primary N) is 1. The fraction of sp³-hybridized carbons (Fsp3) is 0.429. The third kappa shape index (κ3) is 1.88. The molecule has 0 bridgehead atoms. The van der Waals surface area contributed by atoms with Gasteiger partial charge in [0, 0.05) is 11.1 Å². The summed E-state index contributed by atoms with van der Waals surface area (Å²) in [6.45, 7) is 0. The molecule has 0 unspecified atom stereocenters. The van der Waals surface area contributed by atoms with E-state index in [4.69, 9.17) is 5.73 Å². The number of nitrogen functional groups attached to an aromatic ring is 1. The van der Waals surface area contributed by atoms with E-state index in [-0.39, 0.29) is 11.6 Å². The molecule has 1 aliphatic carbocycles. The largest absolute Gasteiger partial charge is 0.399 e. The second-order valence-electron chi connectivity index (χ2n) is 5.03. The van der Waals surface area contributed by atoms with Gasteiger partial charge in [-0.25, -0.2) is 4.68 Å². The molecule has 0 aliphatic heterocycles. The first-order chi connectivity index (χ1) is 8.75. The minimum Gasteiger partial charge on any atom is -0.399 e. The van der Waals surface area contributed by atoms with E-state index in [1.807, 2.05) is 6.07 Å². The van der Waals surface area contributed by atoms with Gasteiger partial charge < -0.3 is 5.73 Å². The van der Waals surface area contributed by atoms with Crippen molar-refractivity contribution in [2.75, 3.05) is 5.73 Å². The third-order valence-corrected chi connectivity index (χ3v) is 3.76. The van der Waals surface area contributed by atoms with Crippen LogP contribution in [-0.2, 0) is 0 Å². The van der Waals surface area contributed by atoms with Crippen molar-refractivity contribution in [1.29, 1.82) is 0 Å². The maximum atomic E-state index is 12.4. The zero-order valence-electron chi connectivity index (χ0n) is 10.3. The number of hydrogen-bond donors (Lipinski definition) is 1. The molecule has 1 aromatic carbocycles. The summed E-state index contributed by atoms with van der Waals surface area (Å²) in [5.41, 5.74) is 6.37. The van der Waals surface area contributed by atoms with Gasteiger partial charge in [0.05, 0.1) is 17.6 Å². The lowest BCUT2D eigenvalue weighted by Crippen LogP contribution is -2.28. The van der Waals surface area contributed by atoms with E-state index in [1.54, 1.807) is 23.0 Å². The van der Waals surface area contributed by atoms with Gasteiger partial charge in [0.2, 0.25) is 0 Å². The van der Waals surface area contributed by atoms with Crippen LogP contribution >= 0.6 is 0 Å². The Morgan fingerprint density at radius 1 is 1.22 bits per heavy atom. The van der Waals surface area contributed by atoms with Crippen LogP contribution < -0.4 is 11.3 Å². The maximum Gasteiger partial charge on any atom is 0.274 e. The van der Waals surface area contributed by atoms with E-state index in [9.17, 15) is 4.79 Å². The van der Waals surface area contributed by atoms with Crippen molar-refractivity contribution in [1.82, 2.24) is 9.78 Å². The van der Waals surface area contributed by atoms with Crippen molar-refractivity contribution in [3.05, 3.63) is 34.7 Å². The molecule has 0 saturated heterocycles. The van der Waals surface area contributed by atoms with Crippen LogP contribution in [0.4, 0.5) is 5.69 Å². The Morgan fingerprint density at radius 2 is 2.00 bits per heavy atom. The van der Waals surface area contributed by atoms with Crippen molar-refractivity contribution in [2.45, 2.75) is 38.1 Å². The van der Waals surface area contributed by atoms with Gasteiger partial charge in [-0.05, 0) is 25.0 Å². The molecule has 0 radical (unpaired) electrons. The van der Waals surface area contributed by atoms with Crippen LogP contribution in [0.5, 0.6) is 0 Å². The summed E-state index contributed by atoms with van der Waals surface area (Å²) in [6, 6.07) is 5.66. The van der Waals surface area contributed by atoms with Crippen LogP contribution in [0.3, 0.4) is 0 Å². The Bertz CT molecular complexity index is 626. The first-order valence-corrected chi connectivity index (χ1v) is 6.53. The van der Waals surface area contributed by atoms with Crippen molar-refractivity contribution < 1.29 is 0 Å². The van der Waals surface area contributed by atoms with Crippen molar-refractivity contribution in [3.63, 3.8) is 0 Å². The molecule has 2 N–H and O–H groups in total. The third-order valence-electron chi connectivity index (χ3n) is 3.76. The number of rotatable bonds is 1. The summed E-state index contributed by atoms with van der Waals surface area (Å²) in [5, 5.41) is 5.86. The van der Waals surface area contributed by atoms with E-state index in [1.165, 1.54) is 19.3 Å². The number of benzene rings is 1. The molecule has 0 atom stereocenters. The van der Waals surface area contributed by atoms with Gasteiger partial charge in [-0.3, -0.25) is 4.79 Å². The Kier molecular flexibility index (Phi) is 2.78. The van der Waals surface area contributed by atoms with Gasteiger partial charge in [0.1, 0.15) is 0 Å². The highest BCUT2D eigenvalue weighted by Crippen LogP contribution is 2.26. The van der Waals surface area contributed by atoms with Gasteiger partial charge >= 0.3 is 0 Å². The second-order valence-corrected chi connectivity index (χ2v) is 5.03. The number of aromatic nitrogens is 2. The van der Waals surface area contributed by atoms with E-state index >= 15 is 0 Å². The molecule has 4 nitrogen and oxygen atoms in total. The first-order valence-electron chi connectivity index (χ1n) is 6.53. The molecule has 4 heteroatoms. The predicted octanol–water partition coefficient (Wildman–Crippen LogP) is 2.48. The number of hydrogen-bond acceptors (Lipinski definition) is 3. The summed E-state index contributed by atoms with van der Waals surface area (Å²) in [5.74, 6) is 0. The van der Waals surface area contributed by atoms with E-state index in [0.717, 1.165) is 18.2 Å². The topological polar surface area (TPSA) is 60.9 Å². The minimum absolute atomic E-state index is 0.00769. The molecule has 2 aromatic rings. The van der Waals surface area contributed by atoms with Crippen molar-refractivity contribution in [3.8, 4) is 0 Å². The molecule has 0 spiro atoms. The predicted molar refractivity (Wildman–Crippen MR) is 72.5 cm³/mol. The average molecular weight is 243 g/mol. The lowest BCUT2D eigenvalue weighted by atomic mass is 9.95. The zero-order chi connectivity index (χ0) is 12.5. The monoisotopic (exact) mass is 243 g/mol. The van der Waals surface area contributed by atoms with E-state index < -0.39 is 0 Å². The molecule has 0 amide bonds. The van der Waals surface area contributed by atoms with Crippen LogP contribution in [0.25, 0.3) is 10.8 Å².